The number of carbonyl (C=O) groups excluding carboxylic acids is 1. The van der Waals surface area contributed by atoms with E-state index in [-0.39, 0.29) is 0 Å². The van der Waals surface area contributed by atoms with Crippen LogP contribution >= 0.6 is 0 Å². The van der Waals surface area contributed by atoms with Crippen molar-refractivity contribution in [2.75, 3.05) is 20.4 Å². The minimum Gasteiger partial charge on any atom is -0.453 e. The van der Waals surface area contributed by atoms with Crippen LogP contribution < -0.4 is 5.32 Å². The highest BCUT2D eigenvalue weighted by atomic mass is 28.4. The molecule has 0 aromatic carbocycles. The molecule has 5 heteroatoms. The first-order valence-electron chi connectivity index (χ1n) is 3.39. The van der Waals surface area contributed by atoms with E-state index in [9.17, 15) is 4.79 Å². The Morgan fingerprint density at radius 3 is 2.36 bits per heavy atom. The van der Waals surface area contributed by atoms with Crippen LogP contribution in [0.15, 0.2) is 0 Å². The number of rotatable bonds is 3. The highest BCUT2D eigenvalue weighted by molar-refractivity contribution is 6.71. The van der Waals surface area contributed by atoms with E-state index in [1.807, 2.05) is 13.1 Å². The summed E-state index contributed by atoms with van der Waals surface area (Å²) in [4.78, 5) is 10.6. The van der Waals surface area contributed by atoms with Crippen molar-refractivity contribution < 1.29 is 14.0 Å². The molecule has 0 bridgehead atoms. The molecule has 0 heterocycles. The van der Waals surface area contributed by atoms with Gasteiger partial charge in [0.1, 0.15) is 0 Å². The number of alkyl carbamates (subject to hydrolysis) is 1. The summed E-state index contributed by atoms with van der Waals surface area (Å²) in [5.41, 5.74) is 0. The monoisotopic (exact) mass is 177 g/mol. The summed E-state index contributed by atoms with van der Waals surface area (Å²) in [6.07, 6.45) is 0.179. The van der Waals surface area contributed by atoms with E-state index in [0.717, 1.165) is 0 Å². The maximum absolute atomic E-state index is 10.6. The zero-order chi connectivity index (χ0) is 8.91. The van der Waals surface area contributed by atoms with E-state index in [1.165, 1.54) is 7.11 Å². The van der Waals surface area contributed by atoms with Gasteiger partial charge in [-0.05, 0) is 13.1 Å². The van der Waals surface area contributed by atoms with E-state index < -0.39 is 14.4 Å². The summed E-state index contributed by atoms with van der Waals surface area (Å²) >= 11 is 0. The predicted molar refractivity (Wildman–Crippen MR) is 44.9 cm³/mol. The molecule has 4 nitrogen and oxygen atoms in total. The van der Waals surface area contributed by atoms with Crippen LogP contribution in [0.25, 0.3) is 0 Å². The Labute approximate surface area is 68.0 Å². The van der Waals surface area contributed by atoms with Crippen LogP contribution in [0.2, 0.25) is 13.1 Å². The van der Waals surface area contributed by atoms with Gasteiger partial charge in [0.25, 0.3) is 0 Å². The molecule has 0 saturated heterocycles. The van der Waals surface area contributed by atoms with Crippen molar-refractivity contribution in [2.24, 2.45) is 0 Å². The van der Waals surface area contributed by atoms with Crippen molar-refractivity contribution in [1.82, 2.24) is 5.32 Å². The molecular weight excluding hydrogens is 162 g/mol. The van der Waals surface area contributed by atoms with Crippen molar-refractivity contribution in [1.29, 1.82) is 0 Å². The number of hydrogen-bond acceptors (Lipinski definition) is 3. The number of amides is 1. The molecule has 0 spiro atoms. The molecule has 11 heavy (non-hydrogen) atoms. The number of carbonyl (C=O) groups is 1. The van der Waals surface area contributed by atoms with Gasteiger partial charge in [-0.3, -0.25) is 0 Å². The molecule has 0 aliphatic carbocycles. The summed E-state index contributed by atoms with van der Waals surface area (Å²) in [5.74, 6) is 0. The fourth-order valence-electron chi connectivity index (χ4n) is 0.429. The smallest absolute Gasteiger partial charge is 0.406 e. The van der Waals surface area contributed by atoms with Crippen molar-refractivity contribution in [3.8, 4) is 0 Å². The molecule has 0 aliphatic rings. The molecule has 0 unspecified atom stereocenters. The van der Waals surface area contributed by atoms with Gasteiger partial charge in [-0.25, -0.2) is 4.79 Å². The number of methoxy groups -OCH3 is 1. The van der Waals surface area contributed by atoms with Gasteiger partial charge in [-0.1, -0.05) is 0 Å². The molecule has 0 rings (SSSR count). The van der Waals surface area contributed by atoms with Gasteiger partial charge in [0.05, 0.1) is 7.11 Å². The normalized spacial score (nSPS) is 10.9. The molecule has 0 radical (unpaired) electrons. The molecule has 1 amide bonds. The SMILES string of the molecule is COC(=O)NC[Si](C)(C)OC. The van der Waals surface area contributed by atoms with Crippen molar-refractivity contribution in [3.05, 3.63) is 0 Å². The second-order valence-corrected chi connectivity index (χ2v) is 7.09. The largest absolute Gasteiger partial charge is 0.453 e. The van der Waals surface area contributed by atoms with E-state index in [2.05, 4.69) is 10.1 Å². The van der Waals surface area contributed by atoms with Crippen molar-refractivity contribution in [3.63, 3.8) is 0 Å². The van der Waals surface area contributed by atoms with E-state index >= 15 is 0 Å². The Balaban J connectivity index is 3.61. The van der Waals surface area contributed by atoms with Crippen molar-refractivity contribution >= 4 is 14.4 Å². The lowest BCUT2D eigenvalue weighted by atomic mass is 11.1. The summed E-state index contributed by atoms with van der Waals surface area (Å²) in [6.45, 7) is 4.03. The van der Waals surface area contributed by atoms with E-state index in [4.69, 9.17) is 4.43 Å². The van der Waals surface area contributed by atoms with Gasteiger partial charge in [0, 0.05) is 13.3 Å². The highest BCUT2D eigenvalue weighted by Gasteiger charge is 2.21. The summed E-state index contributed by atoms with van der Waals surface area (Å²) < 4.78 is 9.61. The standard InChI is InChI=1S/C6H15NO3Si/c1-9-6(8)7-5-11(3,4)10-2/h5H2,1-4H3,(H,7,8). The molecule has 66 valence electrons. The van der Waals surface area contributed by atoms with Gasteiger partial charge < -0.3 is 14.5 Å². The lowest BCUT2D eigenvalue weighted by molar-refractivity contribution is 0.172. The topological polar surface area (TPSA) is 47.6 Å². The molecular formula is C6H15NO3Si. The Morgan fingerprint density at radius 1 is 1.45 bits per heavy atom. The second-order valence-electron chi connectivity index (χ2n) is 2.81. The molecule has 0 aromatic rings. The van der Waals surface area contributed by atoms with Crippen LogP contribution in [-0.2, 0) is 9.16 Å². The molecule has 0 aliphatic heterocycles. The number of nitrogens with one attached hydrogen (secondary N) is 1. The third-order valence-corrected chi connectivity index (χ3v) is 3.53. The Hall–Kier alpha value is -0.553. The second kappa shape index (κ2) is 4.35. The average molecular weight is 177 g/mol. The molecule has 0 fully saturated rings. The minimum atomic E-state index is -1.67. The zero-order valence-corrected chi connectivity index (χ0v) is 8.43. The first-order valence-corrected chi connectivity index (χ1v) is 6.50. The Morgan fingerprint density at radius 2 is 2.00 bits per heavy atom. The lowest BCUT2D eigenvalue weighted by Gasteiger charge is -2.19. The third kappa shape index (κ3) is 4.80. The minimum absolute atomic E-state index is 0.400. The molecule has 0 atom stereocenters. The quantitative estimate of drug-likeness (QED) is 0.647. The van der Waals surface area contributed by atoms with Crippen LogP contribution in [-0.4, -0.2) is 34.8 Å². The third-order valence-electron chi connectivity index (χ3n) is 1.40. The van der Waals surface area contributed by atoms with Crippen LogP contribution in [0, 0.1) is 0 Å². The van der Waals surface area contributed by atoms with Gasteiger partial charge in [-0.2, -0.15) is 0 Å². The van der Waals surface area contributed by atoms with Crippen LogP contribution in [0.4, 0.5) is 4.79 Å². The average Bonchev–Trinajstić information content (AvgIpc) is 2.00. The lowest BCUT2D eigenvalue weighted by Crippen LogP contribution is -2.44. The number of hydrogen-bond donors (Lipinski definition) is 1. The van der Waals surface area contributed by atoms with Gasteiger partial charge >= 0.3 is 6.09 Å². The van der Waals surface area contributed by atoms with Crippen LogP contribution in [0.3, 0.4) is 0 Å². The van der Waals surface area contributed by atoms with Crippen LogP contribution in [0.5, 0.6) is 0 Å². The van der Waals surface area contributed by atoms with Gasteiger partial charge in [-0.15, -0.1) is 0 Å². The zero-order valence-electron chi connectivity index (χ0n) is 7.43. The highest BCUT2D eigenvalue weighted by Crippen LogP contribution is 1.99. The maximum Gasteiger partial charge on any atom is 0.406 e. The first kappa shape index (κ1) is 10.4. The molecule has 1 N–H and O–H groups in total. The molecule has 0 aromatic heterocycles. The van der Waals surface area contributed by atoms with Crippen LogP contribution in [0.1, 0.15) is 0 Å². The first-order chi connectivity index (χ1) is 5.02. The number of ether oxygens (including phenoxy) is 1. The predicted octanol–water partition coefficient (Wildman–Crippen LogP) is 0.733. The van der Waals surface area contributed by atoms with Gasteiger partial charge in [0.2, 0.25) is 8.32 Å². The van der Waals surface area contributed by atoms with Gasteiger partial charge in [0.15, 0.2) is 0 Å². The van der Waals surface area contributed by atoms with E-state index in [0.29, 0.717) is 6.17 Å². The fraction of sp³-hybridized carbons (Fsp3) is 0.833. The maximum atomic E-state index is 10.6. The Bertz CT molecular complexity index is 138. The Kier molecular flexibility index (Phi) is 4.13. The van der Waals surface area contributed by atoms with E-state index in [1.54, 1.807) is 7.11 Å². The fourth-order valence-corrected chi connectivity index (χ4v) is 1.14. The summed E-state index contributed by atoms with van der Waals surface area (Å²) in [7, 11) is 1.33. The van der Waals surface area contributed by atoms with Crippen molar-refractivity contribution in [2.45, 2.75) is 13.1 Å². The summed E-state index contributed by atoms with van der Waals surface area (Å²) in [5, 5.41) is 2.60. The molecule has 0 saturated carbocycles. The summed E-state index contributed by atoms with van der Waals surface area (Å²) in [6, 6.07) is 0.